The van der Waals surface area contributed by atoms with E-state index in [9.17, 15) is 4.79 Å². The lowest BCUT2D eigenvalue weighted by molar-refractivity contribution is 0.0602. The third-order valence-electron chi connectivity index (χ3n) is 3.63. The van der Waals surface area contributed by atoms with E-state index in [2.05, 4.69) is 52.9 Å². The molecular formula is C20H16IO2P. The Morgan fingerprint density at radius 1 is 0.875 bits per heavy atom. The largest absolute Gasteiger partial charge is 0.465 e. The molecule has 0 amide bonds. The Kier molecular flexibility index (Phi) is 5.64. The van der Waals surface area contributed by atoms with E-state index < -0.39 is 7.92 Å². The second-order valence-corrected chi connectivity index (χ2v) is 8.59. The molecule has 0 N–H and O–H groups in total. The second kappa shape index (κ2) is 7.91. The van der Waals surface area contributed by atoms with Crippen molar-refractivity contribution in [1.29, 1.82) is 0 Å². The molecule has 0 aliphatic heterocycles. The molecule has 0 atom stereocenters. The van der Waals surface area contributed by atoms with Crippen LogP contribution in [0.1, 0.15) is 10.4 Å². The first-order chi connectivity index (χ1) is 11.7. The smallest absolute Gasteiger partial charge is 0.338 e. The van der Waals surface area contributed by atoms with Crippen molar-refractivity contribution in [2.75, 3.05) is 7.11 Å². The highest BCUT2D eigenvalue weighted by molar-refractivity contribution is 14.1. The quantitative estimate of drug-likeness (QED) is 0.346. The number of methoxy groups -OCH3 is 1. The van der Waals surface area contributed by atoms with Gasteiger partial charge in [0.25, 0.3) is 0 Å². The van der Waals surface area contributed by atoms with Gasteiger partial charge in [-0.2, -0.15) is 0 Å². The van der Waals surface area contributed by atoms with Gasteiger partial charge in [0.1, 0.15) is 0 Å². The molecule has 0 aromatic heterocycles. The first-order valence-corrected chi connectivity index (χ1v) is 9.91. The number of hydrogen-bond donors (Lipinski definition) is 0. The molecule has 0 bridgehead atoms. The first-order valence-electron chi connectivity index (χ1n) is 7.49. The van der Waals surface area contributed by atoms with Crippen LogP contribution in [0.3, 0.4) is 0 Å². The molecule has 0 radical (unpaired) electrons. The van der Waals surface area contributed by atoms with Crippen LogP contribution in [0.2, 0.25) is 0 Å². The van der Waals surface area contributed by atoms with Crippen molar-refractivity contribution in [3.05, 3.63) is 88.0 Å². The van der Waals surface area contributed by atoms with Gasteiger partial charge in [0.2, 0.25) is 0 Å². The van der Waals surface area contributed by atoms with Crippen LogP contribution in [-0.4, -0.2) is 13.1 Å². The highest BCUT2D eigenvalue weighted by atomic mass is 127. The Hall–Kier alpha value is -1.71. The number of carbonyl (C=O) groups is 1. The van der Waals surface area contributed by atoms with Crippen LogP contribution >= 0.6 is 30.5 Å². The van der Waals surface area contributed by atoms with E-state index in [0.717, 1.165) is 8.87 Å². The molecule has 4 heteroatoms. The molecule has 0 saturated heterocycles. The zero-order valence-electron chi connectivity index (χ0n) is 13.1. The van der Waals surface area contributed by atoms with Crippen molar-refractivity contribution in [3.8, 4) is 0 Å². The van der Waals surface area contributed by atoms with E-state index in [4.69, 9.17) is 4.74 Å². The van der Waals surface area contributed by atoms with Gasteiger partial charge < -0.3 is 4.74 Å². The minimum atomic E-state index is -0.827. The second-order valence-electron chi connectivity index (χ2n) is 5.16. The first kappa shape index (κ1) is 17.1. The van der Waals surface area contributed by atoms with Gasteiger partial charge in [-0.1, -0.05) is 60.7 Å². The third kappa shape index (κ3) is 3.68. The van der Waals surface area contributed by atoms with Crippen molar-refractivity contribution in [1.82, 2.24) is 0 Å². The number of esters is 1. The van der Waals surface area contributed by atoms with Gasteiger partial charge in [0.05, 0.1) is 12.7 Å². The number of ether oxygens (including phenoxy) is 1. The van der Waals surface area contributed by atoms with E-state index in [-0.39, 0.29) is 5.97 Å². The molecule has 3 rings (SSSR count). The van der Waals surface area contributed by atoms with Crippen LogP contribution in [-0.2, 0) is 4.74 Å². The maximum Gasteiger partial charge on any atom is 0.338 e. The predicted molar refractivity (Wildman–Crippen MR) is 109 cm³/mol. The molecule has 0 aliphatic rings. The van der Waals surface area contributed by atoms with Crippen LogP contribution in [0.15, 0.2) is 78.9 Å². The van der Waals surface area contributed by atoms with Gasteiger partial charge in [-0.3, -0.25) is 0 Å². The van der Waals surface area contributed by atoms with Gasteiger partial charge in [-0.25, -0.2) is 4.79 Å². The number of hydrogen-bond acceptors (Lipinski definition) is 2. The molecule has 0 saturated carbocycles. The molecule has 0 aliphatic carbocycles. The summed E-state index contributed by atoms with van der Waals surface area (Å²) in [5.74, 6) is -0.291. The van der Waals surface area contributed by atoms with E-state index in [0.29, 0.717) is 5.56 Å². The third-order valence-corrected chi connectivity index (χ3v) is 6.79. The van der Waals surface area contributed by atoms with E-state index in [1.165, 1.54) is 17.7 Å². The summed E-state index contributed by atoms with van der Waals surface area (Å²) in [6, 6.07) is 26.6. The Balaban J connectivity index is 2.24. The van der Waals surface area contributed by atoms with E-state index in [1.54, 1.807) is 0 Å². The van der Waals surface area contributed by atoms with Crippen molar-refractivity contribution in [3.63, 3.8) is 0 Å². The molecule has 120 valence electrons. The molecule has 3 aromatic carbocycles. The van der Waals surface area contributed by atoms with Crippen LogP contribution in [0, 0.1) is 3.57 Å². The van der Waals surface area contributed by atoms with E-state index >= 15 is 0 Å². The SMILES string of the molecule is COC(=O)c1ccc(I)cc1P(c1ccccc1)c1ccccc1. The predicted octanol–water partition coefficient (Wildman–Crippen LogP) is 3.84. The summed E-state index contributed by atoms with van der Waals surface area (Å²) in [5.41, 5.74) is 0.636. The molecule has 24 heavy (non-hydrogen) atoms. The monoisotopic (exact) mass is 446 g/mol. The highest BCUT2D eigenvalue weighted by Crippen LogP contribution is 2.34. The topological polar surface area (TPSA) is 26.3 Å². The summed E-state index contributed by atoms with van der Waals surface area (Å²) in [7, 11) is 0.601. The van der Waals surface area contributed by atoms with Crippen molar-refractivity contribution in [2.24, 2.45) is 0 Å². The number of benzene rings is 3. The van der Waals surface area contributed by atoms with Gasteiger partial charge in [0, 0.05) is 8.87 Å². The van der Waals surface area contributed by atoms with Crippen LogP contribution in [0.4, 0.5) is 0 Å². The molecule has 2 nitrogen and oxygen atoms in total. The maximum atomic E-state index is 12.3. The Morgan fingerprint density at radius 2 is 1.42 bits per heavy atom. The normalized spacial score (nSPS) is 10.6. The Bertz CT molecular complexity index is 795. The molecule has 0 spiro atoms. The fourth-order valence-corrected chi connectivity index (χ4v) is 5.76. The number of halogens is 1. The molecule has 0 unspecified atom stereocenters. The summed E-state index contributed by atoms with van der Waals surface area (Å²) in [5, 5.41) is 3.46. The lowest BCUT2D eigenvalue weighted by Gasteiger charge is -2.21. The molecular weight excluding hydrogens is 430 g/mol. The fraction of sp³-hybridized carbons (Fsp3) is 0.0500. The van der Waals surface area contributed by atoms with E-state index in [1.807, 2.05) is 48.5 Å². The van der Waals surface area contributed by atoms with Gasteiger partial charge >= 0.3 is 5.97 Å². The number of rotatable bonds is 4. The Morgan fingerprint density at radius 3 is 1.92 bits per heavy atom. The van der Waals surface area contributed by atoms with Gasteiger partial charge in [-0.15, -0.1) is 0 Å². The summed E-state index contributed by atoms with van der Waals surface area (Å²) < 4.78 is 6.11. The summed E-state index contributed by atoms with van der Waals surface area (Å²) in [4.78, 5) is 12.3. The minimum Gasteiger partial charge on any atom is -0.465 e. The lowest BCUT2D eigenvalue weighted by atomic mass is 10.2. The number of carbonyl (C=O) groups excluding carboxylic acids is 1. The van der Waals surface area contributed by atoms with Crippen LogP contribution < -0.4 is 15.9 Å². The zero-order chi connectivity index (χ0) is 16.9. The Labute approximate surface area is 156 Å². The lowest BCUT2D eigenvalue weighted by Crippen LogP contribution is -2.26. The molecule has 0 fully saturated rings. The standard InChI is InChI=1S/C20H16IO2P/c1-23-20(22)18-13-12-15(21)14-19(18)24(16-8-4-2-5-9-16)17-10-6-3-7-11-17/h2-14H,1H3. The summed E-state index contributed by atoms with van der Waals surface area (Å²) >= 11 is 2.29. The van der Waals surface area contributed by atoms with Crippen molar-refractivity contribution < 1.29 is 9.53 Å². The summed E-state index contributed by atoms with van der Waals surface area (Å²) in [6.45, 7) is 0. The van der Waals surface area contributed by atoms with Crippen molar-refractivity contribution >= 4 is 52.4 Å². The van der Waals surface area contributed by atoms with Crippen LogP contribution in [0.25, 0.3) is 0 Å². The fourth-order valence-electron chi connectivity index (χ4n) is 2.55. The molecule has 3 aromatic rings. The maximum absolute atomic E-state index is 12.3. The molecule has 0 heterocycles. The summed E-state index contributed by atoms with van der Waals surface area (Å²) in [6.07, 6.45) is 0. The average molecular weight is 446 g/mol. The van der Waals surface area contributed by atoms with Gasteiger partial charge in [0.15, 0.2) is 0 Å². The van der Waals surface area contributed by atoms with Crippen molar-refractivity contribution in [2.45, 2.75) is 0 Å². The average Bonchev–Trinajstić information content (AvgIpc) is 2.63. The highest BCUT2D eigenvalue weighted by Gasteiger charge is 2.23. The zero-order valence-corrected chi connectivity index (χ0v) is 16.2. The van der Waals surface area contributed by atoms with Gasteiger partial charge in [-0.05, 0) is 59.3 Å². The van der Waals surface area contributed by atoms with Crippen LogP contribution in [0.5, 0.6) is 0 Å². The minimum absolute atomic E-state index is 0.291.